The van der Waals surface area contributed by atoms with Gasteiger partial charge in [0.1, 0.15) is 12.3 Å². The number of alkyl halides is 4. The Morgan fingerprint density at radius 1 is 0.700 bits per heavy atom. The molecule has 0 radical (unpaired) electrons. The smallest absolute Gasteiger partial charge is 0.314 e. The SMILES string of the molecule is NCC(=O)c1ccc(CN(c2cccc(Cl)c2)S(=O)(=O)C2CCN(C3CC(F)C3)CC2)nc1.O=S(=O)(C1CCN(C2CC(F)C2)CC1)N(Cc1ccc(-c2nnc(C(F)F)o2)cn1)c1cccc(Cl)c1. The van der Waals surface area contributed by atoms with Crippen molar-refractivity contribution < 1.29 is 43.6 Å². The molecular weight excluding hydrogens is 998 g/mol. The van der Waals surface area contributed by atoms with E-state index < -0.39 is 55.2 Å². The van der Waals surface area contributed by atoms with E-state index in [1.54, 1.807) is 72.8 Å². The van der Waals surface area contributed by atoms with Gasteiger partial charge in [-0.1, -0.05) is 35.3 Å². The number of ketones is 1. The molecule has 2 saturated heterocycles. The van der Waals surface area contributed by atoms with Crippen LogP contribution in [0.1, 0.15) is 85.4 Å². The minimum Gasteiger partial charge on any atom is -0.415 e. The van der Waals surface area contributed by atoms with Crippen LogP contribution in [0, 0.1) is 0 Å². The summed E-state index contributed by atoms with van der Waals surface area (Å²) in [6.45, 7) is 2.33. The molecule has 4 fully saturated rings. The third-order valence-corrected chi connectivity index (χ3v) is 18.4. The number of likely N-dealkylation sites (tertiary alicyclic amines) is 2. The van der Waals surface area contributed by atoms with E-state index in [-0.39, 0.29) is 43.4 Å². The molecule has 0 bridgehead atoms. The van der Waals surface area contributed by atoms with Crippen molar-refractivity contribution in [3.8, 4) is 11.5 Å². The van der Waals surface area contributed by atoms with Crippen molar-refractivity contribution in [3.63, 3.8) is 0 Å². The fourth-order valence-corrected chi connectivity index (χ4v) is 13.3. The number of sulfonamides is 2. The number of carbonyl (C=O) groups excluding carboxylic acids is 1. The Morgan fingerprint density at radius 3 is 1.54 bits per heavy atom. The van der Waals surface area contributed by atoms with Crippen LogP contribution < -0.4 is 14.3 Å². The van der Waals surface area contributed by atoms with E-state index in [1.807, 2.05) is 0 Å². The molecule has 0 unspecified atom stereocenters. The fourth-order valence-electron chi connectivity index (χ4n) is 9.17. The zero-order valence-electron chi connectivity index (χ0n) is 37.9. The number of hydrogen-bond donors (Lipinski definition) is 1. The van der Waals surface area contributed by atoms with E-state index in [1.165, 1.54) is 21.0 Å². The van der Waals surface area contributed by atoms with E-state index in [2.05, 4.69) is 30.0 Å². The first kappa shape index (κ1) is 51.6. The van der Waals surface area contributed by atoms with Gasteiger partial charge in [0.25, 0.3) is 5.89 Å². The zero-order chi connectivity index (χ0) is 49.7. The highest BCUT2D eigenvalue weighted by Gasteiger charge is 2.42. The van der Waals surface area contributed by atoms with E-state index in [0.717, 1.165) is 0 Å². The van der Waals surface area contributed by atoms with Crippen LogP contribution >= 0.6 is 23.2 Å². The van der Waals surface area contributed by atoms with Crippen molar-refractivity contribution in [1.29, 1.82) is 0 Å². The number of pyridine rings is 2. The summed E-state index contributed by atoms with van der Waals surface area (Å²) >= 11 is 12.3. The molecule has 2 N–H and O–H groups in total. The molecule has 23 heteroatoms. The number of nitrogens with two attached hydrogens (primary N) is 1. The molecular formula is C47H53Cl2F4N9O6S2. The van der Waals surface area contributed by atoms with Gasteiger partial charge in [0, 0.05) is 40.1 Å². The maximum atomic E-state index is 13.8. The maximum absolute atomic E-state index is 13.8. The average molecular weight is 1050 g/mol. The molecule has 0 spiro atoms. The quantitative estimate of drug-likeness (QED) is 0.0736. The first-order valence-corrected chi connectivity index (χ1v) is 26.8. The molecule has 5 heterocycles. The topological polar surface area (TPSA) is 189 Å². The van der Waals surface area contributed by atoms with Crippen LogP contribution in [0.15, 0.2) is 89.6 Å². The lowest BCUT2D eigenvalue weighted by atomic mass is 9.88. The summed E-state index contributed by atoms with van der Waals surface area (Å²) in [6.07, 6.45) is 2.41. The van der Waals surface area contributed by atoms with Gasteiger partial charge < -0.3 is 20.0 Å². The summed E-state index contributed by atoms with van der Waals surface area (Å²) in [4.78, 5) is 24.8. The monoisotopic (exact) mass is 1050 g/mol. The van der Waals surface area contributed by atoms with Gasteiger partial charge in [0.2, 0.25) is 25.9 Å². The lowest BCUT2D eigenvalue weighted by molar-refractivity contribution is 0.0423. The molecule has 4 aliphatic rings. The van der Waals surface area contributed by atoms with Gasteiger partial charge in [-0.05, 0) is 138 Å². The Bertz CT molecular complexity index is 2790. The molecule has 5 aromatic rings. The van der Waals surface area contributed by atoms with Crippen molar-refractivity contribution >= 4 is 60.4 Å². The summed E-state index contributed by atoms with van der Waals surface area (Å²) in [6, 6.07) is 20.2. The normalized spacial score (nSPS) is 21.6. The van der Waals surface area contributed by atoms with Crippen LogP contribution in [0.3, 0.4) is 0 Å². The van der Waals surface area contributed by atoms with Crippen molar-refractivity contribution in [3.05, 3.63) is 118 Å². The van der Waals surface area contributed by atoms with Gasteiger partial charge >= 0.3 is 6.43 Å². The molecule has 2 aliphatic carbocycles. The van der Waals surface area contributed by atoms with Gasteiger partial charge in [-0.25, -0.2) is 25.6 Å². The summed E-state index contributed by atoms with van der Waals surface area (Å²) in [5.41, 5.74) is 7.94. The highest BCUT2D eigenvalue weighted by Crippen LogP contribution is 2.36. The minimum atomic E-state index is -3.80. The van der Waals surface area contributed by atoms with E-state index in [4.69, 9.17) is 33.4 Å². The number of carbonyl (C=O) groups is 1. The van der Waals surface area contributed by atoms with Crippen LogP contribution in [-0.4, -0.2) is 120 Å². The Labute approximate surface area is 414 Å². The molecule has 2 aromatic carbocycles. The van der Waals surface area contributed by atoms with Crippen LogP contribution in [0.2, 0.25) is 10.0 Å². The predicted molar refractivity (Wildman–Crippen MR) is 258 cm³/mol. The number of hydrogen-bond acceptors (Lipinski definition) is 13. The van der Waals surface area contributed by atoms with E-state index in [9.17, 15) is 39.2 Å². The second-order valence-corrected chi connectivity index (χ2v) is 23.1. The van der Waals surface area contributed by atoms with E-state index >= 15 is 0 Å². The van der Waals surface area contributed by atoms with Crippen molar-refractivity contribution in [2.75, 3.05) is 41.3 Å². The lowest BCUT2D eigenvalue weighted by Crippen LogP contribution is -2.52. The Kier molecular flexibility index (Phi) is 16.5. The van der Waals surface area contributed by atoms with Gasteiger partial charge in [0.15, 0.2) is 5.78 Å². The van der Waals surface area contributed by atoms with Crippen LogP contribution in [0.25, 0.3) is 11.5 Å². The van der Waals surface area contributed by atoms with Gasteiger partial charge in [-0.3, -0.25) is 23.4 Å². The van der Waals surface area contributed by atoms with Crippen LogP contribution in [-0.2, 0) is 33.1 Å². The second-order valence-electron chi connectivity index (χ2n) is 17.9. The Hall–Kier alpha value is -4.77. The second kappa shape index (κ2) is 22.3. The van der Waals surface area contributed by atoms with E-state index in [0.29, 0.717) is 121 Å². The molecule has 376 valence electrons. The third-order valence-electron chi connectivity index (χ3n) is 13.4. The van der Waals surface area contributed by atoms with Crippen molar-refractivity contribution in [1.82, 2.24) is 30.0 Å². The van der Waals surface area contributed by atoms with Gasteiger partial charge in [0.05, 0.1) is 58.5 Å². The van der Waals surface area contributed by atoms with Crippen molar-refractivity contribution in [2.45, 2.75) is 106 Å². The largest absolute Gasteiger partial charge is 0.415 e. The highest BCUT2D eigenvalue weighted by atomic mass is 35.5. The molecule has 70 heavy (non-hydrogen) atoms. The maximum Gasteiger partial charge on any atom is 0.314 e. The summed E-state index contributed by atoms with van der Waals surface area (Å²) in [5.74, 6) is -1.12. The molecule has 15 nitrogen and oxygen atoms in total. The number of halogens is 6. The minimum absolute atomic E-state index is 0.0200. The summed E-state index contributed by atoms with van der Waals surface area (Å²) < 4.78 is 115. The molecule has 2 saturated carbocycles. The number of rotatable bonds is 16. The standard InChI is InChI=1S/C24H25ClF3N5O3S.C23H28ClFN4O3S/c25-16-2-1-3-19(10-16)33(37(34,35)21-6-8-32(9-7-21)20-11-17(26)12-20)14-18-5-4-15(13-29-18)23-30-31-24(36-23)22(27)28;24-17-2-1-3-20(10-17)29(15-19-5-4-16(14-27-19)23(30)13-26)33(31,32)22-6-8-28(9-7-22)21-11-18(25)12-21/h1-5,10,13,17,20-22H,6-9,11-12,14H2;1-5,10,14,18,21-22H,6-9,11-13,15,26H2. The Balaban J connectivity index is 0.000000190. The van der Waals surface area contributed by atoms with Crippen molar-refractivity contribution in [2.24, 2.45) is 5.73 Å². The third kappa shape index (κ3) is 12.1. The predicted octanol–water partition coefficient (Wildman–Crippen LogP) is 8.20. The number of piperidine rings is 2. The number of nitrogens with zero attached hydrogens (tertiary/aromatic N) is 8. The first-order chi connectivity index (χ1) is 33.5. The molecule has 0 atom stereocenters. The number of benzene rings is 2. The Morgan fingerprint density at radius 2 is 1.17 bits per heavy atom. The summed E-state index contributed by atoms with van der Waals surface area (Å²) in [5, 5.41) is 6.59. The zero-order valence-corrected chi connectivity index (χ0v) is 41.1. The summed E-state index contributed by atoms with van der Waals surface area (Å²) in [7, 11) is -7.52. The number of Topliss-reactive ketones (excluding diaryl/α,β-unsaturated/α-hetero) is 1. The molecule has 0 amide bonds. The average Bonchev–Trinajstić information content (AvgIpc) is 3.85. The number of aromatic nitrogens is 4. The molecule has 9 rings (SSSR count). The van der Waals surface area contributed by atoms with Gasteiger partial charge in [-0.15, -0.1) is 10.2 Å². The fraction of sp³-hybridized carbons (Fsp3) is 0.468. The lowest BCUT2D eigenvalue weighted by Gasteiger charge is -2.43. The molecule has 3 aromatic heterocycles. The van der Waals surface area contributed by atoms with Crippen LogP contribution in [0.4, 0.5) is 28.9 Å². The molecule has 2 aliphatic heterocycles. The van der Waals surface area contributed by atoms with Crippen LogP contribution in [0.5, 0.6) is 0 Å². The highest BCUT2D eigenvalue weighted by molar-refractivity contribution is 7.93. The van der Waals surface area contributed by atoms with Gasteiger partial charge in [-0.2, -0.15) is 8.78 Å². The number of anilines is 2. The first-order valence-electron chi connectivity index (χ1n) is 23.0.